The molecule has 6 heteroatoms. The van der Waals surface area contributed by atoms with Crippen LogP contribution in [0.1, 0.15) is 41.8 Å². The molecule has 10 rings (SSSR count). The molecule has 1 aliphatic carbocycles. The van der Waals surface area contributed by atoms with Crippen LogP contribution in [-0.2, 0) is 0 Å². The van der Waals surface area contributed by atoms with E-state index >= 15 is 0 Å². The second-order valence-corrected chi connectivity index (χ2v) is 14.2. The van der Waals surface area contributed by atoms with E-state index in [-0.39, 0.29) is 5.92 Å². The molecule has 7 aromatic rings. The lowest BCUT2D eigenvalue weighted by molar-refractivity contribution is 0.747. The summed E-state index contributed by atoms with van der Waals surface area (Å²) in [6.45, 7) is 1.50. The van der Waals surface area contributed by atoms with Gasteiger partial charge in [0.25, 0.3) is 0 Å². The fourth-order valence-electron chi connectivity index (χ4n) is 7.91. The molecule has 1 unspecified atom stereocenters. The minimum atomic E-state index is 0.0268. The first-order valence-corrected chi connectivity index (χ1v) is 19.0. The number of hydrogen-bond acceptors (Lipinski definition) is 5. The lowest BCUT2D eigenvalue weighted by atomic mass is 9.90. The third-order valence-electron chi connectivity index (χ3n) is 10.8. The van der Waals surface area contributed by atoms with Gasteiger partial charge in [-0.2, -0.15) is 0 Å². The monoisotopic (exact) mass is 710 g/mol. The van der Waals surface area contributed by atoms with Crippen LogP contribution < -0.4 is 5.32 Å². The summed E-state index contributed by atoms with van der Waals surface area (Å²) in [5, 5.41) is 5.74. The number of benzene rings is 5. The van der Waals surface area contributed by atoms with Gasteiger partial charge < -0.3 is 9.88 Å². The fourth-order valence-corrected chi connectivity index (χ4v) is 7.91. The second-order valence-electron chi connectivity index (χ2n) is 14.2. The van der Waals surface area contributed by atoms with Gasteiger partial charge >= 0.3 is 0 Å². The number of para-hydroxylation sites is 2. The van der Waals surface area contributed by atoms with E-state index in [4.69, 9.17) is 15.0 Å². The first-order valence-electron chi connectivity index (χ1n) is 19.0. The minimum Gasteiger partial charge on any atom is -0.387 e. The summed E-state index contributed by atoms with van der Waals surface area (Å²) in [6.07, 6.45) is 18.5. The molecule has 6 nitrogen and oxygen atoms in total. The second kappa shape index (κ2) is 14.1. The molecule has 264 valence electrons. The summed E-state index contributed by atoms with van der Waals surface area (Å²) in [6, 6.07) is 43.9. The average molecular weight is 711 g/mol. The number of aromatic nitrogens is 4. The Bertz CT molecular complexity index is 2730. The van der Waals surface area contributed by atoms with Gasteiger partial charge in [0.05, 0.1) is 11.0 Å². The number of aliphatic imine (C=N–C) groups is 1. The lowest BCUT2D eigenvalue weighted by Crippen LogP contribution is -2.14. The number of rotatable bonds is 7. The highest BCUT2D eigenvalue weighted by Gasteiger charge is 2.21. The third-order valence-corrected chi connectivity index (χ3v) is 10.8. The first kappa shape index (κ1) is 32.7. The maximum atomic E-state index is 5.06. The fraction of sp³-hybridized carbons (Fsp3) is 0.102. The molecule has 0 amide bonds. The highest BCUT2D eigenvalue weighted by molar-refractivity contribution is 6.09. The summed E-state index contributed by atoms with van der Waals surface area (Å²) < 4.78 is 2.41. The van der Waals surface area contributed by atoms with Crippen LogP contribution in [0.25, 0.3) is 66.5 Å². The molecule has 0 radical (unpaired) electrons. The number of dihydropyridines is 2. The molecule has 3 aliphatic rings. The molecular formula is C49H38N6. The van der Waals surface area contributed by atoms with E-state index in [0.29, 0.717) is 5.82 Å². The Labute approximate surface area is 320 Å². The molecule has 1 N–H and O–H groups in total. The molecule has 0 saturated heterocycles. The Balaban J connectivity index is 1.05. The number of hydrogen-bond donors (Lipinski definition) is 1. The molecule has 4 heterocycles. The van der Waals surface area contributed by atoms with Crippen LogP contribution in [0.15, 0.2) is 169 Å². The zero-order valence-electron chi connectivity index (χ0n) is 30.3. The van der Waals surface area contributed by atoms with Gasteiger partial charge in [-0.1, -0.05) is 115 Å². The van der Waals surface area contributed by atoms with Crippen LogP contribution >= 0.6 is 0 Å². The summed E-state index contributed by atoms with van der Waals surface area (Å²) in [7, 11) is 0. The molecule has 0 fully saturated rings. The molecule has 0 saturated carbocycles. The number of allylic oxidation sites excluding steroid dienone is 7. The highest BCUT2D eigenvalue weighted by atomic mass is 15.0. The Morgan fingerprint density at radius 2 is 1.29 bits per heavy atom. The van der Waals surface area contributed by atoms with Crippen molar-refractivity contribution in [3.05, 3.63) is 187 Å². The Morgan fingerprint density at radius 3 is 1.98 bits per heavy atom. The van der Waals surface area contributed by atoms with E-state index in [1.165, 1.54) is 55.2 Å². The highest BCUT2D eigenvalue weighted by Crippen LogP contribution is 2.38. The Kier molecular flexibility index (Phi) is 8.41. The molecule has 5 aromatic carbocycles. The van der Waals surface area contributed by atoms with Crippen molar-refractivity contribution in [3.63, 3.8) is 0 Å². The number of nitrogens with zero attached hydrogens (tertiary/aromatic N) is 5. The predicted octanol–water partition coefficient (Wildman–Crippen LogP) is 10.8. The van der Waals surface area contributed by atoms with Crippen LogP contribution in [0.2, 0.25) is 0 Å². The van der Waals surface area contributed by atoms with Crippen molar-refractivity contribution in [1.29, 1.82) is 0 Å². The minimum absolute atomic E-state index is 0.0268. The Hall–Kier alpha value is -6.92. The predicted molar refractivity (Wildman–Crippen MR) is 227 cm³/mol. The summed E-state index contributed by atoms with van der Waals surface area (Å²) in [5.41, 5.74) is 12.8. The van der Waals surface area contributed by atoms with Gasteiger partial charge in [0.1, 0.15) is 5.82 Å². The molecule has 55 heavy (non-hydrogen) atoms. The van der Waals surface area contributed by atoms with Crippen LogP contribution in [0.3, 0.4) is 0 Å². The molecule has 0 bridgehead atoms. The van der Waals surface area contributed by atoms with Crippen LogP contribution in [-0.4, -0.2) is 38.8 Å². The van der Waals surface area contributed by atoms with Crippen molar-refractivity contribution in [2.45, 2.75) is 18.8 Å². The van der Waals surface area contributed by atoms with E-state index in [0.717, 1.165) is 54.4 Å². The number of fused-ring (bicyclic) bond motifs is 3. The van der Waals surface area contributed by atoms with Crippen LogP contribution in [0, 0.1) is 0 Å². The van der Waals surface area contributed by atoms with E-state index < -0.39 is 0 Å². The Morgan fingerprint density at radius 1 is 0.600 bits per heavy atom. The van der Waals surface area contributed by atoms with Gasteiger partial charge in [0.15, 0.2) is 11.6 Å². The molecular weight excluding hydrogens is 673 g/mol. The van der Waals surface area contributed by atoms with Gasteiger partial charge in [-0.3, -0.25) is 4.99 Å². The van der Waals surface area contributed by atoms with Crippen LogP contribution in [0.4, 0.5) is 0 Å². The van der Waals surface area contributed by atoms with Crippen molar-refractivity contribution in [2.24, 2.45) is 4.99 Å². The standard InChI is InChI=1S/C49H38N6/c1-2-8-33(9-3-1)34-14-16-35(17-15-34)40-30-41(32-42(31-40)55-45-12-6-4-10-43(45)44-11-5-7-13-46(44)55)36-18-20-37(21-19-36)47-52-48(38-22-26-50-27-23-38)54-49(53-47)39-24-28-51-29-25-39/h1-20,22-24,26,28,30-32,37,50H,21,25,27,29H2. The van der Waals surface area contributed by atoms with Gasteiger partial charge in [0, 0.05) is 52.8 Å². The largest absolute Gasteiger partial charge is 0.387 e. The van der Waals surface area contributed by atoms with Gasteiger partial charge in [0.2, 0.25) is 0 Å². The zero-order chi connectivity index (χ0) is 36.6. The average Bonchev–Trinajstić information content (AvgIpc) is 3.61. The van der Waals surface area contributed by atoms with E-state index in [1.54, 1.807) is 0 Å². The smallest absolute Gasteiger partial charge is 0.163 e. The van der Waals surface area contributed by atoms with Crippen molar-refractivity contribution in [3.8, 4) is 27.9 Å². The van der Waals surface area contributed by atoms with E-state index in [9.17, 15) is 0 Å². The molecule has 2 aliphatic heterocycles. The molecule has 0 spiro atoms. The maximum absolute atomic E-state index is 5.06. The lowest BCUT2D eigenvalue weighted by Gasteiger charge is -2.19. The SMILES string of the molecule is C1=CC(c2nc(C3=CC=NCC3)nc(C3C=CC(c4cc(-c5ccc(-c6ccccc6)cc5)cc(-n5c6ccccc6c6ccccc65)c4)=CC3)n2)=CCN1. The molecule has 1 atom stereocenters. The first-order chi connectivity index (χ1) is 27.2. The molecule has 2 aromatic heterocycles. The van der Waals surface area contributed by atoms with Crippen molar-refractivity contribution in [2.75, 3.05) is 13.1 Å². The number of nitrogens with one attached hydrogen (secondary N) is 1. The zero-order valence-corrected chi connectivity index (χ0v) is 30.3. The summed E-state index contributed by atoms with van der Waals surface area (Å²) >= 11 is 0. The van der Waals surface area contributed by atoms with Gasteiger partial charge in [-0.25, -0.2) is 15.0 Å². The normalized spacial score (nSPS) is 16.5. The van der Waals surface area contributed by atoms with Crippen molar-refractivity contribution >= 4 is 44.7 Å². The summed E-state index contributed by atoms with van der Waals surface area (Å²) in [4.78, 5) is 19.4. The third kappa shape index (κ3) is 6.32. The van der Waals surface area contributed by atoms with Gasteiger partial charge in [-0.15, -0.1) is 0 Å². The topological polar surface area (TPSA) is 68.0 Å². The maximum Gasteiger partial charge on any atom is 0.163 e. The van der Waals surface area contributed by atoms with E-state index in [1.807, 2.05) is 24.6 Å². The summed E-state index contributed by atoms with van der Waals surface area (Å²) in [5.74, 6) is 2.27. The van der Waals surface area contributed by atoms with Crippen molar-refractivity contribution < 1.29 is 0 Å². The van der Waals surface area contributed by atoms with Gasteiger partial charge in [-0.05, 0) is 94.9 Å². The van der Waals surface area contributed by atoms with Crippen LogP contribution in [0.5, 0.6) is 0 Å². The van der Waals surface area contributed by atoms with E-state index in [2.05, 4.69) is 161 Å². The van der Waals surface area contributed by atoms with Crippen molar-refractivity contribution in [1.82, 2.24) is 24.8 Å². The quantitative estimate of drug-likeness (QED) is 0.179.